The van der Waals surface area contributed by atoms with Crippen molar-refractivity contribution in [1.29, 1.82) is 5.41 Å². The third-order valence-electron chi connectivity index (χ3n) is 1.14. The SMILES string of the molecule is CN(C)c1ncc(C(=N)N)s1.Cl. The van der Waals surface area contributed by atoms with Crippen molar-refractivity contribution in [2.24, 2.45) is 5.73 Å². The molecule has 1 aromatic rings. The number of rotatable bonds is 2. The van der Waals surface area contributed by atoms with Crippen LogP contribution in [-0.4, -0.2) is 24.9 Å². The van der Waals surface area contributed by atoms with Crippen LogP contribution < -0.4 is 10.6 Å². The van der Waals surface area contributed by atoms with Gasteiger partial charge in [-0.3, -0.25) is 5.41 Å². The van der Waals surface area contributed by atoms with Gasteiger partial charge in [-0.25, -0.2) is 4.98 Å². The molecule has 0 aliphatic rings. The van der Waals surface area contributed by atoms with Crippen molar-refractivity contribution >= 4 is 34.7 Å². The molecule has 0 aliphatic carbocycles. The van der Waals surface area contributed by atoms with E-state index in [2.05, 4.69) is 4.98 Å². The molecule has 4 nitrogen and oxygen atoms in total. The molecule has 0 aliphatic heterocycles. The summed E-state index contributed by atoms with van der Waals surface area (Å²) in [6.07, 6.45) is 1.61. The van der Waals surface area contributed by atoms with E-state index in [0.29, 0.717) is 4.88 Å². The van der Waals surface area contributed by atoms with Crippen LogP contribution in [0.4, 0.5) is 5.13 Å². The van der Waals surface area contributed by atoms with Gasteiger partial charge in [0.25, 0.3) is 0 Å². The Morgan fingerprint density at radius 2 is 2.25 bits per heavy atom. The highest BCUT2D eigenvalue weighted by molar-refractivity contribution is 7.17. The zero-order chi connectivity index (χ0) is 8.43. The van der Waals surface area contributed by atoms with Crippen LogP contribution in [0.25, 0.3) is 0 Å². The first-order valence-electron chi connectivity index (χ1n) is 3.09. The van der Waals surface area contributed by atoms with Crippen LogP contribution in [0.1, 0.15) is 4.88 Å². The number of hydrogen-bond donors (Lipinski definition) is 2. The van der Waals surface area contributed by atoms with Crippen molar-refractivity contribution in [2.45, 2.75) is 0 Å². The number of nitrogen functional groups attached to an aromatic ring is 1. The number of aromatic nitrogens is 1. The molecule has 1 aromatic heterocycles. The van der Waals surface area contributed by atoms with Gasteiger partial charge in [0, 0.05) is 14.1 Å². The number of halogens is 1. The third-order valence-corrected chi connectivity index (χ3v) is 2.34. The van der Waals surface area contributed by atoms with Crippen molar-refractivity contribution in [3.63, 3.8) is 0 Å². The highest BCUT2D eigenvalue weighted by atomic mass is 35.5. The predicted molar refractivity (Wildman–Crippen MR) is 54.7 cm³/mol. The standard InChI is InChI=1S/C6H10N4S.ClH/c1-10(2)6-9-3-4(11-6)5(7)8;/h3H,1-2H3,(H3,7,8);1H. The van der Waals surface area contributed by atoms with E-state index in [0.717, 1.165) is 5.13 Å². The monoisotopic (exact) mass is 206 g/mol. The van der Waals surface area contributed by atoms with Crippen LogP contribution in [0, 0.1) is 5.41 Å². The Balaban J connectivity index is 0.00000121. The van der Waals surface area contributed by atoms with E-state index in [1.807, 2.05) is 19.0 Å². The summed E-state index contributed by atoms with van der Waals surface area (Å²) in [5.41, 5.74) is 5.26. The quantitative estimate of drug-likeness (QED) is 0.559. The van der Waals surface area contributed by atoms with Crippen LogP contribution in [0.3, 0.4) is 0 Å². The molecule has 68 valence electrons. The van der Waals surface area contributed by atoms with Gasteiger partial charge in [-0.2, -0.15) is 0 Å². The number of nitrogens with one attached hydrogen (secondary N) is 1. The zero-order valence-corrected chi connectivity index (χ0v) is 8.50. The lowest BCUT2D eigenvalue weighted by Crippen LogP contribution is -2.08. The number of amidine groups is 1. The summed E-state index contributed by atoms with van der Waals surface area (Å²) in [4.78, 5) is 6.66. The second-order valence-corrected chi connectivity index (χ2v) is 3.32. The first-order chi connectivity index (χ1) is 5.11. The number of hydrogen-bond acceptors (Lipinski definition) is 4. The van der Waals surface area contributed by atoms with E-state index in [1.165, 1.54) is 11.3 Å². The second kappa shape index (κ2) is 4.27. The Kier molecular flexibility index (Phi) is 3.99. The summed E-state index contributed by atoms with van der Waals surface area (Å²) >= 11 is 1.41. The molecular weight excluding hydrogens is 196 g/mol. The minimum Gasteiger partial charge on any atom is -0.383 e. The first kappa shape index (κ1) is 11.2. The maximum Gasteiger partial charge on any atom is 0.185 e. The fraction of sp³-hybridized carbons (Fsp3) is 0.333. The smallest absolute Gasteiger partial charge is 0.185 e. The van der Waals surface area contributed by atoms with Crippen molar-refractivity contribution < 1.29 is 0 Å². The summed E-state index contributed by atoms with van der Waals surface area (Å²) in [5, 5.41) is 7.99. The molecule has 3 N–H and O–H groups in total. The number of thiazole rings is 1. The Morgan fingerprint density at radius 1 is 1.67 bits per heavy atom. The topological polar surface area (TPSA) is 66.0 Å². The molecule has 6 heteroatoms. The molecular formula is C6H11ClN4S. The fourth-order valence-corrected chi connectivity index (χ4v) is 1.30. The van der Waals surface area contributed by atoms with Crippen LogP contribution >= 0.6 is 23.7 Å². The molecule has 0 saturated heterocycles. The Hall–Kier alpha value is -0.810. The lowest BCUT2D eigenvalue weighted by molar-refractivity contribution is 1.10. The van der Waals surface area contributed by atoms with Gasteiger partial charge in [0.15, 0.2) is 5.13 Å². The maximum absolute atomic E-state index is 7.12. The molecule has 1 rings (SSSR count). The lowest BCUT2D eigenvalue weighted by atomic mass is 10.5. The van der Waals surface area contributed by atoms with E-state index in [1.54, 1.807) is 6.20 Å². The molecule has 0 atom stereocenters. The summed E-state index contributed by atoms with van der Waals surface area (Å²) in [6, 6.07) is 0. The average molecular weight is 207 g/mol. The van der Waals surface area contributed by atoms with Gasteiger partial charge < -0.3 is 10.6 Å². The van der Waals surface area contributed by atoms with Gasteiger partial charge in [-0.15, -0.1) is 12.4 Å². The minimum atomic E-state index is 0. The van der Waals surface area contributed by atoms with E-state index >= 15 is 0 Å². The van der Waals surface area contributed by atoms with E-state index in [9.17, 15) is 0 Å². The normalized spacial score (nSPS) is 8.83. The first-order valence-corrected chi connectivity index (χ1v) is 3.90. The Labute approximate surface area is 81.3 Å². The highest BCUT2D eigenvalue weighted by Crippen LogP contribution is 2.19. The van der Waals surface area contributed by atoms with E-state index in [-0.39, 0.29) is 18.2 Å². The Morgan fingerprint density at radius 3 is 2.50 bits per heavy atom. The van der Waals surface area contributed by atoms with E-state index < -0.39 is 0 Å². The van der Waals surface area contributed by atoms with Gasteiger partial charge in [-0.1, -0.05) is 11.3 Å². The van der Waals surface area contributed by atoms with Crippen molar-refractivity contribution in [3.05, 3.63) is 11.1 Å². The fourth-order valence-electron chi connectivity index (χ4n) is 0.596. The predicted octanol–water partition coefficient (Wildman–Crippen LogP) is 0.915. The van der Waals surface area contributed by atoms with Crippen LogP contribution in [0.2, 0.25) is 0 Å². The van der Waals surface area contributed by atoms with Crippen LogP contribution in [-0.2, 0) is 0 Å². The van der Waals surface area contributed by atoms with Gasteiger partial charge in [0.05, 0.1) is 11.1 Å². The molecule has 0 amide bonds. The van der Waals surface area contributed by atoms with Gasteiger partial charge in [0.1, 0.15) is 5.84 Å². The molecule has 0 unspecified atom stereocenters. The summed E-state index contributed by atoms with van der Waals surface area (Å²) < 4.78 is 0. The third kappa shape index (κ3) is 2.35. The van der Waals surface area contributed by atoms with Crippen molar-refractivity contribution in [1.82, 2.24) is 4.98 Å². The molecule has 0 saturated carbocycles. The van der Waals surface area contributed by atoms with Gasteiger partial charge in [-0.05, 0) is 0 Å². The van der Waals surface area contributed by atoms with Gasteiger partial charge >= 0.3 is 0 Å². The van der Waals surface area contributed by atoms with Crippen LogP contribution in [0.15, 0.2) is 6.20 Å². The summed E-state index contributed by atoms with van der Waals surface area (Å²) in [6.45, 7) is 0. The molecule has 0 fully saturated rings. The zero-order valence-electron chi connectivity index (χ0n) is 6.87. The molecule has 12 heavy (non-hydrogen) atoms. The van der Waals surface area contributed by atoms with Gasteiger partial charge in [0.2, 0.25) is 0 Å². The number of anilines is 1. The molecule has 0 radical (unpaired) electrons. The van der Waals surface area contributed by atoms with Crippen molar-refractivity contribution in [2.75, 3.05) is 19.0 Å². The molecule has 0 bridgehead atoms. The molecule has 0 aromatic carbocycles. The second-order valence-electron chi connectivity index (χ2n) is 2.32. The highest BCUT2D eigenvalue weighted by Gasteiger charge is 2.04. The summed E-state index contributed by atoms with van der Waals surface area (Å²) in [5.74, 6) is 0.0793. The number of nitrogens with two attached hydrogens (primary N) is 1. The van der Waals surface area contributed by atoms with Crippen LogP contribution in [0.5, 0.6) is 0 Å². The largest absolute Gasteiger partial charge is 0.383 e. The number of nitrogens with zero attached hydrogens (tertiary/aromatic N) is 2. The van der Waals surface area contributed by atoms with Crippen molar-refractivity contribution in [3.8, 4) is 0 Å². The molecule has 0 spiro atoms. The average Bonchev–Trinajstić information content (AvgIpc) is 2.33. The molecule has 1 heterocycles. The van der Waals surface area contributed by atoms with E-state index in [4.69, 9.17) is 11.1 Å². The Bertz CT molecular complexity index is 270. The maximum atomic E-state index is 7.12. The minimum absolute atomic E-state index is 0. The summed E-state index contributed by atoms with van der Waals surface area (Å²) in [7, 11) is 3.81. The lowest BCUT2D eigenvalue weighted by Gasteiger charge is -2.04.